The minimum atomic E-state index is -0.513. The minimum absolute atomic E-state index is 0.0662. The van der Waals surface area contributed by atoms with Crippen molar-refractivity contribution in [1.29, 1.82) is 5.26 Å². The van der Waals surface area contributed by atoms with Gasteiger partial charge in [0.1, 0.15) is 5.75 Å². The summed E-state index contributed by atoms with van der Waals surface area (Å²) in [6.45, 7) is 0.0909. The minimum Gasteiger partial charge on any atom is -0.493 e. The van der Waals surface area contributed by atoms with Crippen LogP contribution in [0.15, 0.2) is 18.2 Å². The van der Waals surface area contributed by atoms with E-state index in [-0.39, 0.29) is 17.7 Å². The highest BCUT2D eigenvalue weighted by molar-refractivity contribution is 5.43. The average molecular weight is 262 g/mol. The largest absolute Gasteiger partial charge is 0.493 e. The van der Waals surface area contributed by atoms with Gasteiger partial charge < -0.3 is 9.84 Å². The molecule has 1 fully saturated rings. The third-order valence-corrected chi connectivity index (χ3v) is 3.37. The Hall–Kier alpha value is -2.13. The molecule has 0 bridgehead atoms. The van der Waals surface area contributed by atoms with Gasteiger partial charge >= 0.3 is 0 Å². The fourth-order valence-corrected chi connectivity index (χ4v) is 1.89. The van der Waals surface area contributed by atoms with Gasteiger partial charge in [-0.3, -0.25) is 10.1 Å². The second-order valence-corrected chi connectivity index (χ2v) is 4.83. The number of aliphatic hydroxyl groups excluding tert-OH is 1. The van der Waals surface area contributed by atoms with Crippen LogP contribution in [0.3, 0.4) is 0 Å². The molecule has 6 nitrogen and oxygen atoms in total. The molecule has 0 amide bonds. The quantitative estimate of drug-likeness (QED) is 0.626. The molecule has 0 unspecified atom stereocenters. The number of benzene rings is 1. The number of nitrogens with zero attached hydrogens (tertiary/aromatic N) is 2. The Balaban J connectivity index is 2.08. The molecule has 6 heteroatoms. The van der Waals surface area contributed by atoms with E-state index in [2.05, 4.69) is 6.07 Å². The Morgan fingerprint density at radius 3 is 2.79 bits per heavy atom. The molecule has 0 heterocycles. The maximum atomic E-state index is 10.6. The Kier molecular flexibility index (Phi) is 3.67. The van der Waals surface area contributed by atoms with E-state index in [9.17, 15) is 15.2 Å². The Bertz CT molecular complexity index is 532. The standard InChI is InChI=1S/C13H14N2O4/c14-6-5-13(3-4-13)9-19-12-2-1-11(15(17)18)7-10(12)8-16/h1-2,7,16H,3-5,8-9H2. The molecule has 0 aromatic heterocycles. The van der Waals surface area contributed by atoms with Crippen molar-refractivity contribution < 1.29 is 14.8 Å². The van der Waals surface area contributed by atoms with Gasteiger partial charge in [0.2, 0.25) is 0 Å². The van der Waals surface area contributed by atoms with Crippen LogP contribution in [0, 0.1) is 26.9 Å². The van der Waals surface area contributed by atoms with Crippen molar-refractivity contribution in [3.8, 4) is 11.8 Å². The molecule has 19 heavy (non-hydrogen) atoms. The van der Waals surface area contributed by atoms with Gasteiger partial charge in [0.15, 0.2) is 0 Å². The summed E-state index contributed by atoms with van der Waals surface area (Å²) in [5.41, 5.74) is 0.250. The van der Waals surface area contributed by atoms with Crippen molar-refractivity contribution >= 4 is 5.69 Å². The maximum absolute atomic E-state index is 10.6. The summed E-state index contributed by atoms with van der Waals surface area (Å²) in [6, 6.07) is 6.28. The van der Waals surface area contributed by atoms with Crippen molar-refractivity contribution in [2.45, 2.75) is 25.9 Å². The molecule has 2 rings (SSSR count). The molecule has 0 atom stereocenters. The highest BCUT2D eigenvalue weighted by Gasteiger charge is 2.43. The van der Waals surface area contributed by atoms with Gasteiger partial charge in [0.05, 0.1) is 24.2 Å². The van der Waals surface area contributed by atoms with E-state index in [1.165, 1.54) is 18.2 Å². The molecular weight excluding hydrogens is 248 g/mol. The summed E-state index contributed by atoms with van der Waals surface area (Å²) in [4.78, 5) is 10.1. The van der Waals surface area contributed by atoms with Gasteiger partial charge in [-0.05, 0) is 18.9 Å². The molecule has 100 valence electrons. The first-order valence-corrected chi connectivity index (χ1v) is 5.98. The summed E-state index contributed by atoms with van der Waals surface area (Å²) in [5, 5.41) is 28.6. The van der Waals surface area contributed by atoms with Gasteiger partial charge in [-0.15, -0.1) is 0 Å². The first kappa shape index (κ1) is 13.3. The second kappa shape index (κ2) is 5.24. The van der Waals surface area contributed by atoms with Gasteiger partial charge in [-0.1, -0.05) is 0 Å². The topological polar surface area (TPSA) is 96.4 Å². The number of hydrogen-bond acceptors (Lipinski definition) is 5. The predicted molar refractivity (Wildman–Crippen MR) is 66.4 cm³/mol. The van der Waals surface area contributed by atoms with E-state index in [1.807, 2.05) is 0 Å². The number of ether oxygens (including phenoxy) is 1. The lowest BCUT2D eigenvalue weighted by Crippen LogP contribution is -2.13. The highest BCUT2D eigenvalue weighted by Crippen LogP contribution is 2.48. The summed E-state index contributed by atoms with van der Waals surface area (Å²) < 4.78 is 5.61. The first-order valence-electron chi connectivity index (χ1n) is 5.98. The van der Waals surface area contributed by atoms with Crippen LogP contribution in [0.4, 0.5) is 5.69 Å². The smallest absolute Gasteiger partial charge is 0.270 e. The summed E-state index contributed by atoms with van der Waals surface area (Å²) >= 11 is 0. The molecule has 1 saturated carbocycles. The van der Waals surface area contributed by atoms with Gasteiger partial charge in [-0.25, -0.2) is 0 Å². The zero-order valence-electron chi connectivity index (χ0n) is 10.3. The molecule has 0 aliphatic heterocycles. The molecule has 0 saturated heterocycles. The van der Waals surface area contributed by atoms with E-state index in [4.69, 9.17) is 10.00 Å². The van der Waals surface area contributed by atoms with Crippen molar-refractivity contribution in [1.82, 2.24) is 0 Å². The fraction of sp³-hybridized carbons (Fsp3) is 0.462. The third-order valence-electron chi connectivity index (χ3n) is 3.37. The zero-order chi connectivity index (χ0) is 13.9. The number of nitro groups is 1. The van der Waals surface area contributed by atoms with Gasteiger partial charge in [0.25, 0.3) is 5.69 Å². The van der Waals surface area contributed by atoms with Crippen molar-refractivity contribution in [3.05, 3.63) is 33.9 Å². The zero-order valence-corrected chi connectivity index (χ0v) is 10.3. The fourth-order valence-electron chi connectivity index (χ4n) is 1.89. The van der Waals surface area contributed by atoms with Crippen molar-refractivity contribution in [3.63, 3.8) is 0 Å². The molecule has 1 aliphatic rings. The molecule has 1 N–H and O–H groups in total. The van der Waals surface area contributed by atoms with E-state index in [1.54, 1.807) is 0 Å². The number of hydrogen-bond donors (Lipinski definition) is 1. The average Bonchev–Trinajstić information content (AvgIpc) is 3.16. The molecule has 0 radical (unpaired) electrons. The first-order chi connectivity index (χ1) is 9.10. The van der Waals surface area contributed by atoms with Gasteiger partial charge in [0, 0.05) is 29.5 Å². The Morgan fingerprint density at radius 2 is 2.26 bits per heavy atom. The van der Waals surface area contributed by atoms with Crippen LogP contribution in [0.2, 0.25) is 0 Å². The van der Waals surface area contributed by atoms with Crippen LogP contribution >= 0.6 is 0 Å². The normalized spacial score (nSPS) is 15.6. The highest BCUT2D eigenvalue weighted by atomic mass is 16.6. The van der Waals surface area contributed by atoms with Crippen LogP contribution in [-0.2, 0) is 6.61 Å². The molecular formula is C13H14N2O4. The number of aliphatic hydroxyl groups is 1. The molecule has 1 aromatic carbocycles. The molecule has 0 spiro atoms. The third kappa shape index (κ3) is 3.01. The summed E-state index contributed by atoms with van der Waals surface area (Å²) in [7, 11) is 0. The SMILES string of the molecule is N#CCC1(COc2ccc([N+](=O)[O-])cc2CO)CC1. The van der Waals surface area contributed by atoms with E-state index in [0.29, 0.717) is 24.3 Å². The van der Waals surface area contributed by atoms with Crippen molar-refractivity contribution in [2.75, 3.05) is 6.61 Å². The number of rotatable bonds is 6. The lowest BCUT2D eigenvalue weighted by Gasteiger charge is -2.14. The van der Waals surface area contributed by atoms with E-state index >= 15 is 0 Å². The lowest BCUT2D eigenvalue weighted by molar-refractivity contribution is -0.385. The number of non-ortho nitro benzene ring substituents is 1. The number of nitro benzene ring substituents is 1. The number of nitriles is 1. The summed E-state index contributed by atoms with van der Waals surface area (Å²) in [6.07, 6.45) is 2.37. The predicted octanol–water partition coefficient (Wildman–Crippen LogP) is 2.16. The van der Waals surface area contributed by atoms with Crippen LogP contribution in [0.5, 0.6) is 5.75 Å². The maximum Gasteiger partial charge on any atom is 0.270 e. The Labute approximate surface area is 110 Å². The van der Waals surface area contributed by atoms with Gasteiger partial charge in [-0.2, -0.15) is 5.26 Å². The summed E-state index contributed by atoms with van der Waals surface area (Å²) in [5.74, 6) is 0.442. The monoisotopic (exact) mass is 262 g/mol. The van der Waals surface area contributed by atoms with Crippen LogP contribution in [0.25, 0.3) is 0 Å². The molecule has 1 aromatic rings. The lowest BCUT2D eigenvalue weighted by atomic mass is 10.1. The van der Waals surface area contributed by atoms with Crippen molar-refractivity contribution in [2.24, 2.45) is 5.41 Å². The van der Waals surface area contributed by atoms with Crippen LogP contribution in [-0.4, -0.2) is 16.6 Å². The Morgan fingerprint density at radius 1 is 1.53 bits per heavy atom. The molecule has 1 aliphatic carbocycles. The van der Waals surface area contributed by atoms with E-state index in [0.717, 1.165) is 12.8 Å². The second-order valence-electron chi connectivity index (χ2n) is 4.83. The van der Waals surface area contributed by atoms with Crippen LogP contribution in [0.1, 0.15) is 24.8 Å². The van der Waals surface area contributed by atoms with Crippen LogP contribution < -0.4 is 4.74 Å². The van der Waals surface area contributed by atoms with E-state index < -0.39 is 4.92 Å².